The molecule has 2 aliphatic rings. The Morgan fingerprint density at radius 3 is 2.86 bits per heavy atom. The number of alkyl halides is 1. The number of Topliss-reactive ketones (excluding diaryl/α,β-unsaturated/α-hetero) is 1. The first kappa shape index (κ1) is 24.0. The number of aromatic nitrogens is 2. The summed E-state index contributed by atoms with van der Waals surface area (Å²) in [6.07, 6.45) is 3.19. The summed E-state index contributed by atoms with van der Waals surface area (Å²) in [5.41, 5.74) is 9.25. The number of carbonyl (C=O) groups excluding carboxylic acids is 1. The number of benzene rings is 2. The van der Waals surface area contributed by atoms with Crippen LogP contribution in [0.25, 0.3) is 11.3 Å². The first-order valence-corrected chi connectivity index (χ1v) is 11.8. The average molecular weight is 506 g/mol. The standard InChI is InChI=1S/C27H22ClF2N5O/c28-17-7-8-19-20(12-17)26(24-21(29)5-2-6-22(24)30)32-13-16-14-33-27(35-25(16)19)34-18-4-1-3-15(11-18)23(36)9-10-31/h1-5,7-8,11-12,14,22H,6,9-10,13,31H2,(H,33,34,35). The molecule has 2 heterocycles. The molecule has 1 aliphatic carbocycles. The van der Waals surface area contributed by atoms with E-state index >= 15 is 0 Å². The lowest BCUT2D eigenvalue weighted by atomic mass is 9.90. The van der Waals surface area contributed by atoms with E-state index in [9.17, 15) is 13.6 Å². The van der Waals surface area contributed by atoms with Gasteiger partial charge >= 0.3 is 0 Å². The maximum absolute atomic E-state index is 14.9. The molecule has 0 fully saturated rings. The Labute approximate surface area is 211 Å². The quantitative estimate of drug-likeness (QED) is 0.407. The van der Waals surface area contributed by atoms with Crippen LogP contribution in [0.4, 0.5) is 20.4 Å². The Morgan fingerprint density at radius 2 is 2.06 bits per heavy atom. The number of fused-ring (bicyclic) bond motifs is 3. The van der Waals surface area contributed by atoms with Gasteiger partial charge in [-0.2, -0.15) is 0 Å². The SMILES string of the molecule is NCCC(=O)c1cccc(Nc2ncc3c(n2)-c2ccc(Cl)cc2C(C2=C(F)C=CCC2F)=NC3)c1. The number of anilines is 2. The highest BCUT2D eigenvalue weighted by atomic mass is 35.5. The van der Waals surface area contributed by atoms with Gasteiger partial charge in [0, 0.05) is 57.6 Å². The van der Waals surface area contributed by atoms with Crippen LogP contribution in [0.3, 0.4) is 0 Å². The monoisotopic (exact) mass is 505 g/mol. The number of aliphatic imine (C=N–C) groups is 1. The third-order valence-electron chi connectivity index (χ3n) is 6.01. The number of nitrogens with one attached hydrogen (secondary N) is 1. The molecule has 0 saturated heterocycles. The van der Waals surface area contributed by atoms with Crippen molar-refractivity contribution in [1.29, 1.82) is 0 Å². The Kier molecular flexibility index (Phi) is 6.71. The summed E-state index contributed by atoms with van der Waals surface area (Å²) < 4.78 is 29.6. The molecule has 2 aromatic carbocycles. The maximum Gasteiger partial charge on any atom is 0.227 e. The zero-order valence-corrected chi connectivity index (χ0v) is 19.9. The van der Waals surface area contributed by atoms with Crippen LogP contribution in [0.2, 0.25) is 5.02 Å². The van der Waals surface area contributed by atoms with Gasteiger partial charge in [-0.25, -0.2) is 18.7 Å². The smallest absolute Gasteiger partial charge is 0.227 e. The van der Waals surface area contributed by atoms with Gasteiger partial charge in [0.1, 0.15) is 12.0 Å². The largest absolute Gasteiger partial charge is 0.330 e. The van der Waals surface area contributed by atoms with Gasteiger partial charge in [0.2, 0.25) is 5.95 Å². The molecule has 1 unspecified atom stereocenters. The number of rotatable bonds is 6. The second kappa shape index (κ2) is 10.1. The van der Waals surface area contributed by atoms with Crippen LogP contribution in [0, 0.1) is 0 Å². The number of ketones is 1. The summed E-state index contributed by atoms with van der Waals surface area (Å²) >= 11 is 6.28. The van der Waals surface area contributed by atoms with Crippen molar-refractivity contribution in [3.63, 3.8) is 0 Å². The zero-order valence-electron chi connectivity index (χ0n) is 19.1. The molecule has 6 nitrogen and oxygen atoms in total. The van der Waals surface area contributed by atoms with E-state index in [1.807, 2.05) is 0 Å². The fourth-order valence-corrected chi connectivity index (χ4v) is 4.47. The molecule has 0 bridgehead atoms. The van der Waals surface area contributed by atoms with Crippen molar-refractivity contribution in [1.82, 2.24) is 9.97 Å². The second-order valence-corrected chi connectivity index (χ2v) is 8.89. The Balaban J connectivity index is 1.55. The van der Waals surface area contributed by atoms with E-state index < -0.39 is 12.0 Å². The van der Waals surface area contributed by atoms with Crippen LogP contribution in [0.5, 0.6) is 0 Å². The van der Waals surface area contributed by atoms with Crippen molar-refractivity contribution >= 4 is 34.7 Å². The van der Waals surface area contributed by atoms with E-state index in [-0.39, 0.29) is 43.0 Å². The first-order chi connectivity index (χ1) is 17.4. The maximum atomic E-state index is 14.9. The molecule has 0 spiro atoms. The molecule has 1 aliphatic heterocycles. The zero-order chi connectivity index (χ0) is 25.2. The molecular weight excluding hydrogens is 484 g/mol. The van der Waals surface area contributed by atoms with Gasteiger partial charge in [-0.05, 0) is 36.9 Å². The highest BCUT2D eigenvalue weighted by Crippen LogP contribution is 2.37. The fourth-order valence-electron chi connectivity index (χ4n) is 4.30. The van der Waals surface area contributed by atoms with Crippen LogP contribution in [-0.2, 0) is 6.54 Å². The molecule has 0 saturated carbocycles. The number of hydrogen-bond acceptors (Lipinski definition) is 6. The normalized spacial score (nSPS) is 16.7. The number of nitrogens with zero attached hydrogens (tertiary/aromatic N) is 3. The number of carbonyl (C=O) groups is 1. The third-order valence-corrected chi connectivity index (χ3v) is 6.24. The van der Waals surface area contributed by atoms with E-state index in [2.05, 4.69) is 15.3 Å². The van der Waals surface area contributed by atoms with Crippen molar-refractivity contribution < 1.29 is 13.6 Å². The summed E-state index contributed by atoms with van der Waals surface area (Å²) in [6.45, 7) is 0.422. The van der Waals surface area contributed by atoms with Crippen LogP contribution in [0.1, 0.15) is 34.3 Å². The van der Waals surface area contributed by atoms with Gasteiger partial charge in [0.25, 0.3) is 0 Å². The Morgan fingerprint density at radius 1 is 1.19 bits per heavy atom. The van der Waals surface area contributed by atoms with E-state index in [4.69, 9.17) is 22.3 Å². The van der Waals surface area contributed by atoms with E-state index in [0.717, 1.165) is 0 Å². The van der Waals surface area contributed by atoms with E-state index in [1.54, 1.807) is 48.7 Å². The van der Waals surface area contributed by atoms with Crippen LogP contribution in [-0.4, -0.2) is 34.2 Å². The summed E-state index contributed by atoms with van der Waals surface area (Å²) in [4.78, 5) is 25.9. The fraction of sp³-hybridized carbons (Fsp3) is 0.185. The molecule has 0 amide bonds. The van der Waals surface area contributed by atoms with Gasteiger partial charge in [0.15, 0.2) is 5.78 Å². The minimum Gasteiger partial charge on any atom is -0.330 e. The van der Waals surface area contributed by atoms with Crippen molar-refractivity contribution in [2.75, 3.05) is 11.9 Å². The van der Waals surface area contributed by atoms with Gasteiger partial charge in [-0.1, -0.05) is 35.9 Å². The van der Waals surface area contributed by atoms with Gasteiger partial charge < -0.3 is 11.1 Å². The lowest BCUT2D eigenvalue weighted by Crippen LogP contribution is -2.19. The van der Waals surface area contributed by atoms with Gasteiger partial charge in [0.05, 0.1) is 18.0 Å². The molecule has 0 radical (unpaired) electrons. The lowest BCUT2D eigenvalue weighted by Gasteiger charge is -2.19. The van der Waals surface area contributed by atoms with Crippen LogP contribution >= 0.6 is 11.6 Å². The molecule has 9 heteroatoms. The molecule has 3 aromatic rings. The molecular formula is C27H22ClF2N5O. The van der Waals surface area contributed by atoms with Crippen LogP contribution < -0.4 is 11.1 Å². The summed E-state index contributed by atoms with van der Waals surface area (Å²) in [7, 11) is 0. The summed E-state index contributed by atoms with van der Waals surface area (Å²) in [5, 5.41) is 3.55. The molecule has 182 valence electrons. The summed E-state index contributed by atoms with van der Waals surface area (Å²) in [6, 6.07) is 12.1. The second-order valence-electron chi connectivity index (χ2n) is 8.46. The van der Waals surface area contributed by atoms with Gasteiger partial charge in [-0.15, -0.1) is 0 Å². The molecule has 3 N–H and O–H groups in total. The van der Waals surface area contributed by atoms with Crippen molar-refractivity contribution in [2.45, 2.75) is 25.6 Å². The molecule has 1 aromatic heterocycles. The van der Waals surface area contributed by atoms with Crippen LogP contribution in [0.15, 0.2) is 77.2 Å². The van der Waals surface area contributed by atoms with Crippen molar-refractivity contribution in [3.05, 3.63) is 93.9 Å². The Hall–Kier alpha value is -3.75. The highest BCUT2D eigenvalue weighted by Gasteiger charge is 2.29. The number of nitrogens with two attached hydrogens (primary N) is 1. The molecule has 5 rings (SSSR count). The van der Waals surface area contributed by atoms with E-state index in [1.165, 1.54) is 12.2 Å². The lowest BCUT2D eigenvalue weighted by molar-refractivity contribution is 0.0985. The average Bonchev–Trinajstić information content (AvgIpc) is 3.01. The van der Waals surface area contributed by atoms with Crippen molar-refractivity contribution in [2.24, 2.45) is 10.7 Å². The van der Waals surface area contributed by atoms with Crippen molar-refractivity contribution in [3.8, 4) is 11.3 Å². The minimum atomic E-state index is -1.51. The third kappa shape index (κ3) is 4.69. The van der Waals surface area contributed by atoms with Gasteiger partial charge in [-0.3, -0.25) is 9.79 Å². The number of hydrogen-bond donors (Lipinski definition) is 2. The minimum absolute atomic E-state index is 0.0512. The predicted octanol–water partition coefficient (Wildman–Crippen LogP) is 5.90. The topological polar surface area (TPSA) is 93.3 Å². The summed E-state index contributed by atoms with van der Waals surface area (Å²) in [5.74, 6) is -0.400. The predicted molar refractivity (Wildman–Crippen MR) is 137 cm³/mol. The first-order valence-electron chi connectivity index (χ1n) is 11.5. The number of halogens is 3. The van der Waals surface area contributed by atoms with E-state index in [0.29, 0.717) is 44.6 Å². The number of allylic oxidation sites excluding steroid dienone is 4. The Bertz CT molecular complexity index is 1450. The molecule has 1 atom stereocenters. The highest BCUT2D eigenvalue weighted by molar-refractivity contribution is 6.31. The molecule has 36 heavy (non-hydrogen) atoms.